The average molecular weight is 218 g/mol. The molecule has 1 aromatic heterocycles. The predicted octanol–water partition coefficient (Wildman–Crippen LogP) is 2.61. The summed E-state index contributed by atoms with van der Waals surface area (Å²) in [6.07, 6.45) is 8.74. The fourth-order valence-electron chi connectivity index (χ4n) is 1.48. The molecule has 1 aromatic rings. The summed E-state index contributed by atoms with van der Waals surface area (Å²) in [6.45, 7) is 4.06. The second-order valence-corrected chi connectivity index (χ2v) is 3.68. The molecule has 0 saturated carbocycles. The van der Waals surface area contributed by atoms with Crippen molar-refractivity contribution < 1.29 is 4.74 Å². The minimum atomic E-state index is 0.278. The molecule has 0 amide bonds. The molecule has 1 rings (SSSR count). The summed E-state index contributed by atoms with van der Waals surface area (Å²) in [7, 11) is 1.64. The van der Waals surface area contributed by atoms with E-state index in [0.29, 0.717) is 6.42 Å². The Bertz CT molecular complexity index is 382. The molecule has 3 heteroatoms. The highest BCUT2D eigenvalue weighted by Crippen LogP contribution is 2.25. The predicted molar refractivity (Wildman–Crippen MR) is 66.7 cm³/mol. The van der Waals surface area contributed by atoms with E-state index in [2.05, 4.69) is 23.1 Å². The third-order valence-corrected chi connectivity index (χ3v) is 2.44. The number of aromatic nitrogens is 1. The van der Waals surface area contributed by atoms with Gasteiger partial charge in [0.05, 0.1) is 19.0 Å². The number of pyridine rings is 1. The van der Waals surface area contributed by atoms with Crippen molar-refractivity contribution in [1.82, 2.24) is 4.98 Å². The quantitative estimate of drug-likeness (QED) is 0.771. The van der Waals surface area contributed by atoms with Gasteiger partial charge < -0.3 is 10.1 Å². The molecule has 16 heavy (non-hydrogen) atoms. The van der Waals surface area contributed by atoms with Crippen molar-refractivity contribution in [1.29, 1.82) is 0 Å². The molecule has 1 atom stereocenters. The molecule has 86 valence electrons. The van der Waals surface area contributed by atoms with Gasteiger partial charge in [-0.25, -0.2) is 0 Å². The Kier molecular flexibility index (Phi) is 4.65. The van der Waals surface area contributed by atoms with Crippen LogP contribution in [0.25, 0.3) is 0 Å². The van der Waals surface area contributed by atoms with Crippen molar-refractivity contribution in [2.24, 2.45) is 0 Å². The first-order valence-corrected chi connectivity index (χ1v) is 5.41. The summed E-state index contributed by atoms with van der Waals surface area (Å²) < 4.78 is 5.25. The Balaban J connectivity index is 2.85. The highest BCUT2D eigenvalue weighted by molar-refractivity contribution is 5.56. The smallest absolute Gasteiger partial charge is 0.160 e. The van der Waals surface area contributed by atoms with E-state index >= 15 is 0 Å². The monoisotopic (exact) mass is 218 g/mol. The first-order valence-electron chi connectivity index (χ1n) is 5.41. The van der Waals surface area contributed by atoms with Gasteiger partial charge in [-0.2, -0.15) is 0 Å². The standard InChI is InChI=1S/C13H18N2O/c1-5-7-11(6-2)15-12-8-10(3)14-9-13(12)16-4/h1,8-9,11H,6-7H2,2-4H3,(H,14,15). The molecular weight excluding hydrogens is 200 g/mol. The maximum Gasteiger partial charge on any atom is 0.160 e. The van der Waals surface area contributed by atoms with Gasteiger partial charge in [0.25, 0.3) is 0 Å². The normalized spacial score (nSPS) is 11.6. The Morgan fingerprint density at radius 3 is 2.94 bits per heavy atom. The minimum Gasteiger partial charge on any atom is -0.493 e. The van der Waals surface area contributed by atoms with Crippen LogP contribution in [0, 0.1) is 19.3 Å². The second kappa shape index (κ2) is 6.02. The number of nitrogens with zero attached hydrogens (tertiary/aromatic N) is 1. The van der Waals surface area contributed by atoms with E-state index in [9.17, 15) is 0 Å². The lowest BCUT2D eigenvalue weighted by molar-refractivity contribution is 0.413. The molecule has 1 N–H and O–H groups in total. The van der Waals surface area contributed by atoms with E-state index in [1.54, 1.807) is 13.3 Å². The van der Waals surface area contributed by atoms with Crippen LogP contribution in [0.5, 0.6) is 5.75 Å². The van der Waals surface area contributed by atoms with Crippen molar-refractivity contribution in [3.8, 4) is 18.1 Å². The maximum atomic E-state index is 5.33. The molecule has 0 radical (unpaired) electrons. The largest absolute Gasteiger partial charge is 0.493 e. The number of ether oxygens (including phenoxy) is 1. The van der Waals surface area contributed by atoms with Crippen LogP contribution in [0.3, 0.4) is 0 Å². The van der Waals surface area contributed by atoms with Crippen molar-refractivity contribution in [2.45, 2.75) is 32.7 Å². The third-order valence-electron chi connectivity index (χ3n) is 2.44. The minimum absolute atomic E-state index is 0.278. The van der Waals surface area contributed by atoms with Crippen LogP contribution in [0.1, 0.15) is 25.5 Å². The number of hydrogen-bond donors (Lipinski definition) is 1. The van der Waals surface area contributed by atoms with Crippen LogP contribution in [-0.4, -0.2) is 18.1 Å². The molecule has 0 fully saturated rings. The Labute approximate surface area is 97.2 Å². The number of rotatable bonds is 5. The topological polar surface area (TPSA) is 34.2 Å². The molecule has 0 aliphatic carbocycles. The zero-order valence-electron chi connectivity index (χ0n) is 10.1. The molecule has 0 spiro atoms. The van der Waals surface area contributed by atoms with Crippen LogP contribution in [0.4, 0.5) is 5.69 Å². The Morgan fingerprint density at radius 1 is 1.62 bits per heavy atom. The molecule has 0 aromatic carbocycles. The van der Waals surface area contributed by atoms with Crippen LogP contribution in [0.2, 0.25) is 0 Å². The van der Waals surface area contributed by atoms with Crippen molar-refractivity contribution >= 4 is 5.69 Å². The SMILES string of the molecule is C#CCC(CC)Nc1cc(C)ncc1OC. The Hall–Kier alpha value is -1.69. The van der Waals surface area contributed by atoms with Crippen molar-refractivity contribution in [3.63, 3.8) is 0 Å². The lowest BCUT2D eigenvalue weighted by atomic mass is 10.1. The van der Waals surface area contributed by atoms with Gasteiger partial charge in [-0.15, -0.1) is 12.3 Å². The van der Waals surface area contributed by atoms with E-state index in [-0.39, 0.29) is 6.04 Å². The first kappa shape index (κ1) is 12.4. The summed E-state index contributed by atoms with van der Waals surface area (Å²) in [4.78, 5) is 4.18. The van der Waals surface area contributed by atoms with Gasteiger partial charge in [0.2, 0.25) is 0 Å². The van der Waals surface area contributed by atoms with Gasteiger partial charge >= 0.3 is 0 Å². The highest BCUT2D eigenvalue weighted by Gasteiger charge is 2.09. The van der Waals surface area contributed by atoms with Crippen LogP contribution in [0.15, 0.2) is 12.3 Å². The average Bonchev–Trinajstić information content (AvgIpc) is 2.29. The van der Waals surface area contributed by atoms with E-state index in [0.717, 1.165) is 23.6 Å². The van der Waals surface area contributed by atoms with E-state index in [1.165, 1.54) is 0 Å². The molecular formula is C13H18N2O. The van der Waals surface area contributed by atoms with E-state index in [1.807, 2.05) is 13.0 Å². The first-order chi connectivity index (χ1) is 7.71. The molecule has 1 heterocycles. The lowest BCUT2D eigenvalue weighted by Crippen LogP contribution is -2.18. The Morgan fingerprint density at radius 2 is 2.38 bits per heavy atom. The molecule has 3 nitrogen and oxygen atoms in total. The summed E-state index contributed by atoms with van der Waals surface area (Å²) >= 11 is 0. The maximum absolute atomic E-state index is 5.33. The number of aryl methyl sites for hydroxylation is 1. The van der Waals surface area contributed by atoms with E-state index < -0.39 is 0 Å². The number of terminal acetylenes is 1. The molecule has 0 bridgehead atoms. The molecule has 0 aliphatic rings. The van der Waals surface area contributed by atoms with E-state index in [4.69, 9.17) is 11.2 Å². The van der Waals surface area contributed by atoms with Crippen LogP contribution in [-0.2, 0) is 0 Å². The number of hydrogen-bond acceptors (Lipinski definition) is 3. The summed E-state index contributed by atoms with van der Waals surface area (Å²) in [5.41, 5.74) is 1.91. The molecule has 0 saturated heterocycles. The molecule has 0 aliphatic heterocycles. The zero-order valence-corrected chi connectivity index (χ0v) is 10.1. The summed E-state index contributed by atoms with van der Waals surface area (Å²) in [5, 5.41) is 3.38. The molecule has 1 unspecified atom stereocenters. The number of nitrogens with one attached hydrogen (secondary N) is 1. The zero-order chi connectivity index (χ0) is 12.0. The second-order valence-electron chi connectivity index (χ2n) is 3.68. The lowest BCUT2D eigenvalue weighted by Gasteiger charge is -2.18. The van der Waals surface area contributed by atoms with Crippen molar-refractivity contribution in [2.75, 3.05) is 12.4 Å². The van der Waals surface area contributed by atoms with Crippen LogP contribution >= 0.6 is 0 Å². The van der Waals surface area contributed by atoms with Crippen LogP contribution < -0.4 is 10.1 Å². The fraction of sp³-hybridized carbons (Fsp3) is 0.462. The van der Waals surface area contributed by atoms with Gasteiger partial charge in [-0.05, 0) is 19.4 Å². The van der Waals surface area contributed by atoms with Gasteiger partial charge in [0.15, 0.2) is 5.75 Å². The highest BCUT2D eigenvalue weighted by atomic mass is 16.5. The van der Waals surface area contributed by atoms with Gasteiger partial charge in [0.1, 0.15) is 0 Å². The van der Waals surface area contributed by atoms with Gasteiger partial charge in [-0.3, -0.25) is 4.98 Å². The summed E-state index contributed by atoms with van der Waals surface area (Å²) in [5.74, 6) is 3.42. The number of methoxy groups -OCH3 is 1. The van der Waals surface area contributed by atoms with Crippen molar-refractivity contribution in [3.05, 3.63) is 18.0 Å². The third kappa shape index (κ3) is 3.16. The fourth-order valence-corrected chi connectivity index (χ4v) is 1.48. The summed E-state index contributed by atoms with van der Waals surface area (Å²) in [6, 6.07) is 2.25. The van der Waals surface area contributed by atoms with Gasteiger partial charge in [0, 0.05) is 18.2 Å². The van der Waals surface area contributed by atoms with Gasteiger partial charge in [-0.1, -0.05) is 6.92 Å². The number of anilines is 1.